The summed E-state index contributed by atoms with van der Waals surface area (Å²) in [5.41, 5.74) is 0. The average molecular weight is 194 g/mol. The third-order valence-corrected chi connectivity index (χ3v) is 2.49. The minimum atomic E-state index is 0.135. The topological polar surface area (TPSA) is 9.23 Å². The number of thioether (sulfide) groups is 1. The number of benzene rings is 1. The zero-order valence-electron chi connectivity index (χ0n) is 7.77. The summed E-state index contributed by atoms with van der Waals surface area (Å²) in [4.78, 5) is 1.23. The van der Waals surface area contributed by atoms with Gasteiger partial charge in [-0.2, -0.15) is 0 Å². The largest absolute Gasteiger partial charge is 0.364 e. The van der Waals surface area contributed by atoms with Crippen molar-refractivity contribution in [1.29, 1.82) is 0 Å². The van der Waals surface area contributed by atoms with Gasteiger partial charge < -0.3 is 4.74 Å². The number of ether oxygens (including phenoxy) is 1. The van der Waals surface area contributed by atoms with Crippen LogP contribution in [0.1, 0.15) is 6.92 Å². The molecule has 1 nitrogen and oxygen atoms in total. The van der Waals surface area contributed by atoms with Gasteiger partial charge >= 0.3 is 0 Å². The van der Waals surface area contributed by atoms with E-state index in [1.165, 1.54) is 4.90 Å². The summed E-state index contributed by atoms with van der Waals surface area (Å²) >= 11 is 1.69. The lowest BCUT2D eigenvalue weighted by molar-refractivity contribution is 0.142. The van der Waals surface area contributed by atoms with Gasteiger partial charge in [0.25, 0.3) is 0 Å². The molecule has 0 N–H and O–H groups in total. The molecule has 1 rings (SSSR count). The molecule has 0 aliphatic heterocycles. The smallest absolute Gasteiger partial charge is 0.0974 e. The van der Waals surface area contributed by atoms with E-state index in [9.17, 15) is 0 Å². The van der Waals surface area contributed by atoms with Crippen molar-refractivity contribution in [2.24, 2.45) is 0 Å². The molecule has 0 heterocycles. The van der Waals surface area contributed by atoms with Crippen LogP contribution in [-0.2, 0) is 4.74 Å². The highest BCUT2D eigenvalue weighted by atomic mass is 32.2. The van der Waals surface area contributed by atoms with Crippen LogP contribution in [0.3, 0.4) is 0 Å². The van der Waals surface area contributed by atoms with E-state index in [0.29, 0.717) is 5.94 Å². The lowest BCUT2D eigenvalue weighted by atomic mass is 10.4. The first-order valence-corrected chi connectivity index (χ1v) is 5.23. The van der Waals surface area contributed by atoms with Crippen molar-refractivity contribution in [2.45, 2.75) is 17.9 Å². The van der Waals surface area contributed by atoms with Crippen molar-refractivity contribution in [2.75, 3.05) is 5.94 Å². The second-order valence-corrected chi connectivity index (χ2v) is 3.68. The first kappa shape index (κ1) is 10.4. The predicted octanol–water partition coefficient (Wildman–Crippen LogP) is 3.33. The van der Waals surface area contributed by atoms with Crippen molar-refractivity contribution in [3.63, 3.8) is 0 Å². The molecule has 0 saturated carbocycles. The van der Waals surface area contributed by atoms with Crippen LogP contribution in [0.15, 0.2) is 47.9 Å². The maximum absolute atomic E-state index is 5.44. The Balaban J connectivity index is 2.24. The highest BCUT2D eigenvalue weighted by molar-refractivity contribution is 7.99. The van der Waals surface area contributed by atoms with Crippen LogP contribution >= 0.6 is 11.8 Å². The first-order chi connectivity index (χ1) is 6.33. The molecule has 1 unspecified atom stereocenters. The molecule has 13 heavy (non-hydrogen) atoms. The van der Waals surface area contributed by atoms with Crippen molar-refractivity contribution in [1.82, 2.24) is 0 Å². The van der Waals surface area contributed by atoms with Crippen LogP contribution in [0, 0.1) is 0 Å². The Morgan fingerprint density at radius 2 is 2.15 bits per heavy atom. The van der Waals surface area contributed by atoms with Crippen LogP contribution in [0.5, 0.6) is 0 Å². The Bertz CT molecular complexity index is 246. The lowest BCUT2D eigenvalue weighted by Gasteiger charge is -2.07. The Morgan fingerprint density at radius 3 is 2.77 bits per heavy atom. The van der Waals surface area contributed by atoms with Gasteiger partial charge in [-0.1, -0.05) is 36.0 Å². The number of hydrogen-bond donors (Lipinski definition) is 0. The van der Waals surface area contributed by atoms with Gasteiger partial charge in [0.05, 0.1) is 12.0 Å². The summed E-state index contributed by atoms with van der Waals surface area (Å²) in [6.07, 6.45) is 1.93. The summed E-state index contributed by atoms with van der Waals surface area (Å²) in [6, 6.07) is 10.2. The molecule has 0 bridgehead atoms. The van der Waals surface area contributed by atoms with E-state index in [0.717, 1.165) is 0 Å². The third-order valence-electron chi connectivity index (χ3n) is 1.63. The van der Waals surface area contributed by atoms with E-state index < -0.39 is 0 Å². The molecule has 1 atom stereocenters. The van der Waals surface area contributed by atoms with E-state index in [1.807, 2.05) is 25.1 Å². The van der Waals surface area contributed by atoms with Crippen molar-refractivity contribution < 1.29 is 4.74 Å². The fourth-order valence-corrected chi connectivity index (χ4v) is 1.56. The Kier molecular flexibility index (Phi) is 4.65. The van der Waals surface area contributed by atoms with Crippen molar-refractivity contribution in [3.8, 4) is 0 Å². The third kappa shape index (κ3) is 4.15. The minimum Gasteiger partial charge on any atom is -0.364 e. The highest BCUT2D eigenvalue weighted by Crippen LogP contribution is 2.17. The first-order valence-electron chi connectivity index (χ1n) is 4.25. The molecule has 70 valence electrons. The minimum absolute atomic E-state index is 0.135. The molecule has 0 aromatic heterocycles. The highest BCUT2D eigenvalue weighted by Gasteiger charge is 1.96. The van der Waals surface area contributed by atoms with Gasteiger partial charge in [-0.15, -0.1) is 6.58 Å². The molecular formula is C11H14OS. The summed E-state index contributed by atoms with van der Waals surface area (Å²) in [7, 11) is 0. The van der Waals surface area contributed by atoms with Crippen LogP contribution < -0.4 is 0 Å². The molecule has 0 amide bonds. The van der Waals surface area contributed by atoms with Gasteiger partial charge in [0, 0.05) is 4.90 Å². The molecule has 0 aliphatic rings. The van der Waals surface area contributed by atoms with Gasteiger partial charge in [0.15, 0.2) is 0 Å². The summed E-state index contributed by atoms with van der Waals surface area (Å²) < 4.78 is 5.44. The molecule has 0 aliphatic carbocycles. The zero-order chi connectivity index (χ0) is 9.52. The second-order valence-electron chi connectivity index (χ2n) is 2.68. The normalized spacial score (nSPS) is 12.4. The Morgan fingerprint density at radius 1 is 1.46 bits per heavy atom. The van der Waals surface area contributed by atoms with Crippen LogP contribution in [-0.4, -0.2) is 12.0 Å². The predicted molar refractivity (Wildman–Crippen MR) is 57.9 cm³/mol. The molecule has 0 fully saturated rings. The fraction of sp³-hybridized carbons (Fsp3) is 0.273. The van der Waals surface area contributed by atoms with Crippen LogP contribution in [0.2, 0.25) is 0 Å². The monoisotopic (exact) mass is 194 g/mol. The molecular weight excluding hydrogens is 180 g/mol. The molecule has 2 heteroatoms. The molecule has 1 aromatic rings. The average Bonchev–Trinajstić information content (AvgIpc) is 2.19. The van der Waals surface area contributed by atoms with Gasteiger partial charge in [-0.25, -0.2) is 0 Å². The molecule has 0 radical (unpaired) electrons. The van der Waals surface area contributed by atoms with Crippen LogP contribution in [0.25, 0.3) is 0 Å². The lowest BCUT2D eigenvalue weighted by Crippen LogP contribution is -2.02. The maximum Gasteiger partial charge on any atom is 0.0974 e. The Labute approximate surface area is 83.8 Å². The molecule has 0 spiro atoms. The van der Waals surface area contributed by atoms with E-state index in [-0.39, 0.29) is 6.10 Å². The van der Waals surface area contributed by atoms with Crippen molar-refractivity contribution >= 4 is 11.8 Å². The van der Waals surface area contributed by atoms with Crippen LogP contribution in [0.4, 0.5) is 0 Å². The zero-order valence-corrected chi connectivity index (χ0v) is 8.59. The summed E-state index contributed by atoms with van der Waals surface area (Å²) in [6.45, 7) is 5.64. The van der Waals surface area contributed by atoms with Gasteiger partial charge in [-0.05, 0) is 19.1 Å². The van der Waals surface area contributed by atoms with Gasteiger partial charge in [0.1, 0.15) is 0 Å². The van der Waals surface area contributed by atoms with Gasteiger partial charge in [-0.3, -0.25) is 0 Å². The number of hydrogen-bond acceptors (Lipinski definition) is 2. The summed E-state index contributed by atoms with van der Waals surface area (Å²) in [5, 5.41) is 0. The van der Waals surface area contributed by atoms with E-state index >= 15 is 0 Å². The van der Waals surface area contributed by atoms with E-state index in [4.69, 9.17) is 4.74 Å². The number of rotatable bonds is 5. The quantitative estimate of drug-likeness (QED) is 0.404. The SMILES string of the molecule is C=CC(C)OCSc1ccccc1. The molecule has 0 saturated heterocycles. The summed E-state index contributed by atoms with van der Waals surface area (Å²) in [5.74, 6) is 0.678. The standard InChI is InChI=1S/C11H14OS/c1-3-10(2)12-9-13-11-7-5-4-6-8-11/h3-8,10H,1,9H2,2H3. The van der Waals surface area contributed by atoms with Crippen molar-refractivity contribution in [3.05, 3.63) is 43.0 Å². The van der Waals surface area contributed by atoms with E-state index in [1.54, 1.807) is 17.8 Å². The van der Waals surface area contributed by atoms with E-state index in [2.05, 4.69) is 18.7 Å². The second kappa shape index (κ2) is 5.84. The maximum atomic E-state index is 5.44. The Hall–Kier alpha value is -0.730. The van der Waals surface area contributed by atoms with Gasteiger partial charge in [0.2, 0.25) is 0 Å². The fourth-order valence-electron chi connectivity index (χ4n) is 0.794. The molecule has 1 aromatic carbocycles.